The van der Waals surface area contributed by atoms with Crippen LogP contribution in [0.3, 0.4) is 0 Å². The topological polar surface area (TPSA) is 78.9 Å². The zero-order valence-electron chi connectivity index (χ0n) is 17.6. The lowest BCUT2D eigenvalue weighted by molar-refractivity contribution is -0.137. The third-order valence-corrected chi connectivity index (χ3v) is 7.12. The van der Waals surface area contributed by atoms with Crippen molar-refractivity contribution in [3.8, 4) is 5.75 Å². The molecule has 1 aliphatic heterocycles. The van der Waals surface area contributed by atoms with Crippen molar-refractivity contribution in [3.05, 3.63) is 53.6 Å². The first kappa shape index (κ1) is 24.0. The molecule has 1 saturated heterocycles. The van der Waals surface area contributed by atoms with Crippen LogP contribution in [-0.2, 0) is 21.0 Å². The smallest absolute Gasteiger partial charge is 0.416 e. The summed E-state index contributed by atoms with van der Waals surface area (Å²) in [7, 11) is -1.81. The molecule has 0 unspecified atom stereocenters. The van der Waals surface area contributed by atoms with E-state index in [-0.39, 0.29) is 16.3 Å². The quantitative estimate of drug-likeness (QED) is 0.701. The standard InChI is InChI=1S/C21H24F3N3O4S/c1-15-6-7-17(13-19(15)32(29,30)27-10-8-26(2)9-11-27)25-20(28)14-31-18-5-3-4-16(12-18)21(22,23)24/h3-7,12-13H,8-11,14H2,1-2H3,(H,25,28). The molecule has 1 amide bonds. The second-order valence-electron chi connectivity index (χ2n) is 7.55. The number of carbonyl (C=O) groups excluding carboxylic acids is 1. The Morgan fingerprint density at radius 1 is 1.09 bits per heavy atom. The molecule has 0 bridgehead atoms. The number of hydrogen-bond acceptors (Lipinski definition) is 5. The van der Waals surface area contributed by atoms with E-state index in [9.17, 15) is 26.4 Å². The fourth-order valence-corrected chi connectivity index (χ4v) is 4.90. The molecule has 0 aliphatic carbocycles. The molecule has 0 spiro atoms. The maximum atomic E-state index is 13.1. The summed E-state index contributed by atoms with van der Waals surface area (Å²) in [6.45, 7) is 3.14. The van der Waals surface area contributed by atoms with Crippen molar-refractivity contribution in [3.63, 3.8) is 0 Å². The van der Waals surface area contributed by atoms with Gasteiger partial charge >= 0.3 is 6.18 Å². The second-order valence-corrected chi connectivity index (χ2v) is 9.46. The molecule has 0 aromatic heterocycles. The minimum atomic E-state index is -4.52. The number of nitrogens with one attached hydrogen (secondary N) is 1. The van der Waals surface area contributed by atoms with Gasteiger partial charge < -0.3 is 15.0 Å². The summed E-state index contributed by atoms with van der Waals surface area (Å²) < 4.78 is 71.0. The number of amides is 1. The SMILES string of the molecule is Cc1ccc(NC(=O)COc2cccc(C(F)(F)F)c2)cc1S(=O)(=O)N1CCN(C)CC1. The molecule has 2 aromatic carbocycles. The predicted octanol–water partition coefficient (Wildman–Crippen LogP) is 2.97. The molecule has 174 valence electrons. The van der Waals surface area contributed by atoms with Gasteiger partial charge in [0.25, 0.3) is 5.91 Å². The van der Waals surface area contributed by atoms with E-state index < -0.39 is 34.3 Å². The molecule has 0 radical (unpaired) electrons. The summed E-state index contributed by atoms with van der Waals surface area (Å²) >= 11 is 0. The van der Waals surface area contributed by atoms with Gasteiger partial charge in [0, 0.05) is 31.9 Å². The van der Waals surface area contributed by atoms with Crippen LogP contribution in [0.4, 0.5) is 18.9 Å². The Morgan fingerprint density at radius 2 is 1.78 bits per heavy atom. The average molecular weight is 472 g/mol. The van der Waals surface area contributed by atoms with Crippen molar-refractivity contribution in [2.24, 2.45) is 0 Å². The molecule has 1 heterocycles. The Balaban J connectivity index is 1.67. The van der Waals surface area contributed by atoms with Crippen LogP contribution in [0.25, 0.3) is 0 Å². The molecule has 1 fully saturated rings. The van der Waals surface area contributed by atoms with E-state index in [0.29, 0.717) is 31.7 Å². The fraction of sp³-hybridized carbons (Fsp3) is 0.381. The summed E-state index contributed by atoms with van der Waals surface area (Å²) in [5.41, 5.74) is -0.0872. The number of ether oxygens (including phenoxy) is 1. The van der Waals surface area contributed by atoms with Gasteiger partial charge in [0.15, 0.2) is 6.61 Å². The molecule has 3 rings (SSSR count). The van der Waals surface area contributed by atoms with E-state index in [1.807, 2.05) is 11.9 Å². The van der Waals surface area contributed by atoms with Crippen LogP contribution >= 0.6 is 0 Å². The summed E-state index contributed by atoms with van der Waals surface area (Å²) in [6.07, 6.45) is -4.52. The van der Waals surface area contributed by atoms with Gasteiger partial charge in [0.05, 0.1) is 10.5 Å². The van der Waals surface area contributed by atoms with Gasteiger partial charge in [-0.15, -0.1) is 0 Å². The number of likely N-dealkylation sites (N-methyl/N-ethyl adjacent to an activating group) is 1. The Morgan fingerprint density at radius 3 is 2.44 bits per heavy atom. The molecule has 2 aromatic rings. The van der Waals surface area contributed by atoms with Crippen LogP contribution in [0.2, 0.25) is 0 Å². The molecular formula is C21H24F3N3O4S. The van der Waals surface area contributed by atoms with E-state index in [1.165, 1.54) is 22.5 Å². The number of halogens is 3. The number of piperazine rings is 1. The van der Waals surface area contributed by atoms with Gasteiger partial charge in [-0.25, -0.2) is 8.42 Å². The molecule has 0 saturated carbocycles. The Bertz CT molecular complexity index is 1080. The molecular weight excluding hydrogens is 447 g/mol. The van der Waals surface area contributed by atoms with Gasteiger partial charge in [-0.05, 0) is 49.9 Å². The lowest BCUT2D eigenvalue weighted by Gasteiger charge is -2.32. The van der Waals surface area contributed by atoms with Crippen LogP contribution in [0.5, 0.6) is 5.75 Å². The highest BCUT2D eigenvalue weighted by Gasteiger charge is 2.31. The fourth-order valence-electron chi connectivity index (χ4n) is 3.23. The van der Waals surface area contributed by atoms with E-state index in [1.54, 1.807) is 19.1 Å². The van der Waals surface area contributed by atoms with E-state index >= 15 is 0 Å². The number of hydrogen-bond donors (Lipinski definition) is 1. The first-order chi connectivity index (χ1) is 15.0. The van der Waals surface area contributed by atoms with Crippen LogP contribution in [0, 0.1) is 6.92 Å². The van der Waals surface area contributed by atoms with Gasteiger partial charge in [0.2, 0.25) is 10.0 Å². The van der Waals surface area contributed by atoms with Crippen molar-refractivity contribution >= 4 is 21.6 Å². The van der Waals surface area contributed by atoms with Crippen LogP contribution in [0.1, 0.15) is 11.1 Å². The zero-order valence-corrected chi connectivity index (χ0v) is 18.5. The first-order valence-corrected chi connectivity index (χ1v) is 11.3. The van der Waals surface area contributed by atoms with E-state index in [0.717, 1.165) is 12.1 Å². The summed E-state index contributed by atoms with van der Waals surface area (Å²) in [6, 6.07) is 8.74. The Hall–Kier alpha value is -2.63. The van der Waals surface area contributed by atoms with Crippen molar-refractivity contribution in [1.82, 2.24) is 9.21 Å². The highest BCUT2D eigenvalue weighted by molar-refractivity contribution is 7.89. The maximum absolute atomic E-state index is 13.1. The number of aryl methyl sites for hydroxylation is 1. The molecule has 11 heteroatoms. The van der Waals surface area contributed by atoms with Crippen molar-refractivity contribution in [1.29, 1.82) is 0 Å². The van der Waals surface area contributed by atoms with E-state index in [2.05, 4.69) is 5.32 Å². The van der Waals surface area contributed by atoms with Crippen molar-refractivity contribution < 1.29 is 31.1 Å². The normalized spacial score (nSPS) is 16.0. The Labute approximate surface area is 184 Å². The van der Waals surface area contributed by atoms with Crippen LogP contribution in [0.15, 0.2) is 47.4 Å². The third kappa shape index (κ3) is 5.78. The Kier molecular flexibility index (Phi) is 7.11. The average Bonchev–Trinajstić information content (AvgIpc) is 2.73. The van der Waals surface area contributed by atoms with Crippen molar-refractivity contribution in [2.75, 3.05) is 45.2 Å². The van der Waals surface area contributed by atoms with Gasteiger partial charge in [-0.2, -0.15) is 17.5 Å². The first-order valence-electron chi connectivity index (χ1n) is 9.86. The minimum absolute atomic E-state index is 0.0960. The lowest BCUT2D eigenvalue weighted by atomic mass is 10.2. The number of anilines is 1. The molecule has 32 heavy (non-hydrogen) atoms. The second kappa shape index (κ2) is 9.47. The maximum Gasteiger partial charge on any atom is 0.416 e. The summed E-state index contributed by atoms with van der Waals surface area (Å²) in [4.78, 5) is 14.4. The number of carbonyl (C=O) groups is 1. The van der Waals surface area contributed by atoms with Crippen molar-refractivity contribution in [2.45, 2.75) is 18.0 Å². The number of rotatable bonds is 6. The predicted molar refractivity (Wildman–Crippen MR) is 113 cm³/mol. The highest BCUT2D eigenvalue weighted by Crippen LogP contribution is 2.31. The third-order valence-electron chi connectivity index (χ3n) is 5.08. The van der Waals surface area contributed by atoms with Crippen LogP contribution in [-0.4, -0.2) is 63.4 Å². The van der Waals surface area contributed by atoms with E-state index in [4.69, 9.17) is 4.74 Å². The minimum Gasteiger partial charge on any atom is -0.484 e. The number of alkyl halides is 3. The van der Waals surface area contributed by atoms with Gasteiger partial charge in [-0.3, -0.25) is 4.79 Å². The molecule has 1 aliphatic rings. The molecule has 1 N–H and O–H groups in total. The van der Waals surface area contributed by atoms with Crippen LogP contribution < -0.4 is 10.1 Å². The largest absolute Gasteiger partial charge is 0.484 e. The summed E-state index contributed by atoms with van der Waals surface area (Å²) in [5, 5.41) is 2.53. The molecule has 0 atom stereocenters. The molecule has 7 nitrogen and oxygen atoms in total. The lowest BCUT2D eigenvalue weighted by Crippen LogP contribution is -2.47. The van der Waals surface area contributed by atoms with Gasteiger partial charge in [0.1, 0.15) is 5.75 Å². The summed E-state index contributed by atoms with van der Waals surface area (Å²) in [5.74, 6) is -0.730. The number of nitrogens with zero attached hydrogens (tertiary/aromatic N) is 2. The monoisotopic (exact) mass is 471 g/mol. The highest BCUT2D eigenvalue weighted by atomic mass is 32.2. The van der Waals surface area contributed by atoms with Gasteiger partial charge in [-0.1, -0.05) is 12.1 Å². The number of benzene rings is 2. The zero-order chi connectivity index (χ0) is 23.5. The number of sulfonamides is 1.